The summed E-state index contributed by atoms with van der Waals surface area (Å²) in [7, 11) is 5.53. The molecule has 2 aromatic heterocycles. The number of hydrogen-bond acceptors (Lipinski definition) is 6. The van der Waals surface area contributed by atoms with Gasteiger partial charge in [0.05, 0.1) is 30.9 Å². The van der Waals surface area contributed by atoms with E-state index in [9.17, 15) is 9.90 Å². The summed E-state index contributed by atoms with van der Waals surface area (Å²) in [6.07, 6.45) is 1.63. The molecule has 0 saturated heterocycles. The van der Waals surface area contributed by atoms with E-state index in [1.807, 2.05) is 31.6 Å². The number of aliphatic imine (C=N–C) groups is 1. The Labute approximate surface area is 201 Å². The van der Waals surface area contributed by atoms with Gasteiger partial charge in [0, 0.05) is 26.9 Å². The highest BCUT2D eigenvalue weighted by atomic mass is 35.5. The molecule has 6 nitrogen and oxygen atoms in total. The summed E-state index contributed by atoms with van der Waals surface area (Å²) in [5, 5.41) is 14.8. The van der Waals surface area contributed by atoms with Crippen molar-refractivity contribution in [2.75, 3.05) is 27.7 Å². The Hall–Kier alpha value is -3.13. The minimum atomic E-state index is -0.370. The van der Waals surface area contributed by atoms with Crippen molar-refractivity contribution >= 4 is 39.9 Å². The molecule has 4 aromatic rings. The molecule has 2 heterocycles. The summed E-state index contributed by atoms with van der Waals surface area (Å²) >= 11 is 7.88. The van der Waals surface area contributed by atoms with Crippen molar-refractivity contribution in [2.45, 2.75) is 6.04 Å². The van der Waals surface area contributed by atoms with Crippen LogP contribution >= 0.6 is 22.9 Å². The Kier molecular flexibility index (Phi) is 6.83. The van der Waals surface area contributed by atoms with Crippen LogP contribution in [0.5, 0.6) is 11.6 Å². The predicted octanol–water partition coefficient (Wildman–Crippen LogP) is 5.14. The lowest BCUT2D eigenvalue weighted by Gasteiger charge is -2.21. The molecule has 2 aromatic carbocycles. The van der Waals surface area contributed by atoms with E-state index in [0.29, 0.717) is 39.3 Å². The maximum absolute atomic E-state index is 13.4. The average Bonchev–Trinajstić information content (AvgIpc) is 3.33. The number of aromatic nitrogens is 1. The molecule has 0 unspecified atom stereocenters. The van der Waals surface area contributed by atoms with E-state index in [1.165, 1.54) is 16.6 Å². The third-order valence-electron chi connectivity index (χ3n) is 5.48. The number of nitrogens with zero attached hydrogens (tertiary/aromatic N) is 3. The van der Waals surface area contributed by atoms with Crippen molar-refractivity contribution in [3.05, 3.63) is 85.8 Å². The first-order valence-electron chi connectivity index (χ1n) is 10.3. The smallest absolute Gasteiger partial charge is 0.265 e. The molecule has 0 aliphatic carbocycles. The number of halogens is 1. The van der Waals surface area contributed by atoms with Gasteiger partial charge in [-0.25, -0.2) is 4.57 Å². The zero-order valence-corrected chi connectivity index (χ0v) is 20.1. The standard InChI is InChI=1S/C25H24ClN3O3S/c1-28(2)21(23-9-6-12-33-23)15-27-14-19-17-7-4-5-8-18(17)24(30)29(25(19)31)20-13-16(26)10-11-22(20)32-3/h4-14,21,31H,15H2,1-3H3/t21-/m0/s1. The van der Waals surface area contributed by atoms with E-state index < -0.39 is 0 Å². The van der Waals surface area contributed by atoms with E-state index in [4.69, 9.17) is 16.3 Å². The molecule has 0 fully saturated rings. The maximum Gasteiger partial charge on any atom is 0.265 e. The number of rotatable bonds is 7. The van der Waals surface area contributed by atoms with Crippen LogP contribution in [0, 0.1) is 0 Å². The molecule has 0 bridgehead atoms. The highest BCUT2D eigenvalue weighted by molar-refractivity contribution is 7.10. The van der Waals surface area contributed by atoms with Crippen molar-refractivity contribution in [3.8, 4) is 17.3 Å². The molecule has 0 amide bonds. The summed E-state index contributed by atoms with van der Waals surface area (Å²) in [6, 6.07) is 16.3. The Balaban J connectivity index is 1.86. The number of ether oxygens (including phenoxy) is 1. The average molecular weight is 482 g/mol. The predicted molar refractivity (Wildman–Crippen MR) is 136 cm³/mol. The molecule has 1 atom stereocenters. The first-order chi connectivity index (χ1) is 15.9. The van der Waals surface area contributed by atoms with Gasteiger partial charge in [0.15, 0.2) is 0 Å². The summed E-state index contributed by atoms with van der Waals surface area (Å²) < 4.78 is 6.65. The lowest BCUT2D eigenvalue weighted by Crippen LogP contribution is -2.22. The number of fused-ring (bicyclic) bond motifs is 1. The van der Waals surface area contributed by atoms with Gasteiger partial charge in [0.25, 0.3) is 5.56 Å². The SMILES string of the molecule is COc1ccc(Cl)cc1-n1c(O)c(C=NC[C@@H](c2cccs2)N(C)C)c2ccccc2c1=O. The van der Waals surface area contributed by atoms with Gasteiger partial charge in [-0.2, -0.15) is 0 Å². The van der Waals surface area contributed by atoms with Crippen LogP contribution in [0.4, 0.5) is 0 Å². The first kappa shape index (κ1) is 23.0. The largest absolute Gasteiger partial charge is 0.495 e. The van der Waals surface area contributed by atoms with E-state index in [2.05, 4.69) is 16.0 Å². The lowest BCUT2D eigenvalue weighted by atomic mass is 10.1. The summed E-state index contributed by atoms with van der Waals surface area (Å²) in [5.74, 6) is 0.195. The third-order valence-corrected chi connectivity index (χ3v) is 6.69. The van der Waals surface area contributed by atoms with Crippen LogP contribution in [-0.2, 0) is 0 Å². The second-order valence-corrected chi connectivity index (χ2v) is 9.14. The molecule has 0 aliphatic heterocycles. The second kappa shape index (κ2) is 9.79. The molecule has 0 saturated carbocycles. The summed E-state index contributed by atoms with van der Waals surface area (Å²) in [4.78, 5) is 21.3. The minimum absolute atomic E-state index is 0.105. The fourth-order valence-corrected chi connectivity index (χ4v) is 4.86. The number of likely N-dealkylation sites (N-methyl/N-ethyl adjacent to an activating group) is 1. The molecular formula is C25H24ClN3O3S. The van der Waals surface area contributed by atoms with Gasteiger partial charge in [-0.05, 0) is 49.8 Å². The van der Waals surface area contributed by atoms with Crippen LogP contribution in [0.25, 0.3) is 16.5 Å². The Morgan fingerprint density at radius 2 is 1.94 bits per heavy atom. The number of pyridine rings is 1. The van der Waals surface area contributed by atoms with E-state index >= 15 is 0 Å². The van der Waals surface area contributed by atoms with Crippen LogP contribution in [0.3, 0.4) is 0 Å². The number of methoxy groups -OCH3 is 1. The van der Waals surface area contributed by atoms with Gasteiger partial charge in [-0.1, -0.05) is 35.9 Å². The molecule has 0 spiro atoms. The summed E-state index contributed by atoms with van der Waals surface area (Å²) in [6.45, 7) is 0.501. The van der Waals surface area contributed by atoms with Gasteiger partial charge in [0.2, 0.25) is 5.88 Å². The zero-order chi connectivity index (χ0) is 23.5. The van der Waals surface area contributed by atoms with Crippen molar-refractivity contribution in [1.29, 1.82) is 0 Å². The van der Waals surface area contributed by atoms with Crippen LogP contribution < -0.4 is 10.3 Å². The Morgan fingerprint density at radius 3 is 2.61 bits per heavy atom. The van der Waals surface area contributed by atoms with Crippen LogP contribution in [-0.4, -0.2) is 48.5 Å². The normalized spacial score (nSPS) is 12.6. The third kappa shape index (κ3) is 4.53. The van der Waals surface area contributed by atoms with Gasteiger partial charge < -0.3 is 14.7 Å². The van der Waals surface area contributed by atoms with E-state index in [-0.39, 0.29) is 17.5 Å². The molecule has 0 radical (unpaired) electrons. The zero-order valence-electron chi connectivity index (χ0n) is 18.5. The number of thiophene rings is 1. The summed E-state index contributed by atoms with van der Waals surface area (Å²) in [5.41, 5.74) is 0.444. The molecule has 0 aliphatic rings. The second-order valence-electron chi connectivity index (χ2n) is 7.73. The van der Waals surface area contributed by atoms with Crippen LogP contribution in [0.2, 0.25) is 5.02 Å². The van der Waals surface area contributed by atoms with Gasteiger partial charge in [0.1, 0.15) is 5.75 Å². The van der Waals surface area contributed by atoms with Crippen molar-refractivity contribution < 1.29 is 9.84 Å². The Bertz CT molecular complexity index is 1360. The van der Waals surface area contributed by atoms with Crippen molar-refractivity contribution in [3.63, 3.8) is 0 Å². The van der Waals surface area contributed by atoms with Gasteiger partial charge in [-0.15, -0.1) is 11.3 Å². The number of benzene rings is 2. The van der Waals surface area contributed by atoms with Crippen LogP contribution in [0.15, 0.2) is 69.8 Å². The van der Waals surface area contributed by atoms with Gasteiger partial charge >= 0.3 is 0 Å². The lowest BCUT2D eigenvalue weighted by molar-refractivity contribution is 0.311. The fourth-order valence-electron chi connectivity index (χ4n) is 3.78. The Morgan fingerprint density at radius 1 is 1.18 bits per heavy atom. The molecule has 170 valence electrons. The van der Waals surface area contributed by atoms with Gasteiger partial charge in [-0.3, -0.25) is 9.79 Å². The molecule has 1 N–H and O–H groups in total. The van der Waals surface area contributed by atoms with Crippen molar-refractivity contribution in [1.82, 2.24) is 9.47 Å². The quantitative estimate of drug-likeness (QED) is 0.371. The minimum Gasteiger partial charge on any atom is -0.495 e. The number of aromatic hydroxyl groups is 1. The fraction of sp³-hybridized carbons (Fsp3) is 0.200. The molecular weight excluding hydrogens is 458 g/mol. The van der Waals surface area contributed by atoms with E-state index in [1.54, 1.807) is 53.9 Å². The maximum atomic E-state index is 13.4. The topological polar surface area (TPSA) is 67.1 Å². The first-order valence-corrected chi connectivity index (χ1v) is 11.6. The van der Waals surface area contributed by atoms with Crippen molar-refractivity contribution in [2.24, 2.45) is 4.99 Å². The molecule has 8 heteroatoms. The highest BCUT2D eigenvalue weighted by Crippen LogP contribution is 2.32. The molecule has 33 heavy (non-hydrogen) atoms. The number of hydrogen-bond donors (Lipinski definition) is 1. The highest BCUT2D eigenvalue weighted by Gasteiger charge is 2.20. The molecule has 4 rings (SSSR count). The van der Waals surface area contributed by atoms with E-state index in [0.717, 1.165) is 0 Å². The van der Waals surface area contributed by atoms with Crippen LogP contribution in [0.1, 0.15) is 16.5 Å². The monoisotopic (exact) mass is 481 g/mol.